The second-order valence-electron chi connectivity index (χ2n) is 25.9. The van der Waals surface area contributed by atoms with E-state index in [0.29, 0.717) is 51.4 Å². The monoisotopic (exact) mass is 1120 g/mol. The first-order valence-electron chi connectivity index (χ1n) is 28.0. The second kappa shape index (κ2) is 23.7. The van der Waals surface area contributed by atoms with Crippen molar-refractivity contribution in [3.8, 4) is 0 Å². The topological polar surface area (TPSA) is 398 Å². The fourth-order valence-electron chi connectivity index (χ4n) is 16.4. The molecule has 16 N–H and O–H groups in total. The summed E-state index contributed by atoms with van der Waals surface area (Å²) in [5.41, 5.74) is -2.88. The summed E-state index contributed by atoms with van der Waals surface area (Å²) in [6.07, 6.45) is -29.8. The van der Waals surface area contributed by atoms with Crippen LogP contribution < -0.4 is 0 Å². The molecule has 452 valence electrons. The van der Waals surface area contributed by atoms with Gasteiger partial charge in [0.25, 0.3) is 0 Å². The number of aliphatic hydroxyl groups is 16. The van der Waals surface area contributed by atoms with Crippen LogP contribution in [0.3, 0.4) is 0 Å². The van der Waals surface area contributed by atoms with E-state index in [1.807, 2.05) is 40.7 Å². The molecule has 24 heteroatoms. The van der Waals surface area contributed by atoms with Gasteiger partial charge in [-0.05, 0) is 117 Å². The molecule has 4 saturated heterocycles. The Morgan fingerprint density at radius 2 is 1.01 bits per heavy atom. The van der Waals surface area contributed by atoms with Gasteiger partial charge in [-0.3, -0.25) is 0 Å². The molecule has 0 radical (unpaired) electrons. The standard InChI is InChI=1S/C54H92O24/c1-22(2)10-9-13-54(8,78-49-42(70)38(66)44(29(21-58)75-49)77-48-40(68)36(64)34(62)27(19-56)73-48)23-11-15-52(6)32(23)24(59)16-30-51(5)14-12-31(60)50(3,4)45(51)25(17-53(30,52)7)71-46-41(69)37(65)43(28(20-57)74-46)76-47-39(67)35(63)33(61)26(18-55)72-47/h10,23-49,55-70H,9,11-21H2,1-8H3/t23-,24+,25-,26+,27+,28+,29+,30+,31-,32-,33-,34-,35-,36-,37+,38+,39+,40+,41+,42+,43+,44+,45?,46+,47-,48-,49-,51+,52+,53+,54-/m0/s1. The van der Waals surface area contributed by atoms with Crippen molar-refractivity contribution in [3.63, 3.8) is 0 Å². The molecular formula is C54H92O24. The molecule has 1 unspecified atom stereocenters. The summed E-state index contributed by atoms with van der Waals surface area (Å²) in [6.45, 7) is 13.3. The lowest BCUT2D eigenvalue weighted by Gasteiger charge is -2.72. The lowest BCUT2D eigenvalue weighted by molar-refractivity contribution is -0.375. The van der Waals surface area contributed by atoms with Gasteiger partial charge < -0.3 is 120 Å². The molecule has 0 aromatic rings. The zero-order chi connectivity index (χ0) is 57.5. The van der Waals surface area contributed by atoms with Gasteiger partial charge in [0, 0.05) is 0 Å². The molecule has 8 aliphatic rings. The highest BCUT2D eigenvalue weighted by atomic mass is 16.8. The average Bonchev–Trinajstić information content (AvgIpc) is 3.85. The minimum Gasteiger partial charge on any atom is -0.394 e. The number of allylic oxidation sites excluding steroid dienone is 2. The van der Waals surface area contributed by atoms with Crippen LogP contribution in [-0.4, -0.2) is 255 Å². The van der Waals surface area contributed by atoms with Crippen molar-refractivity contribution in [3.05, 3.63) is 11.6 Å². The van der Waals surface area contributed by atoms with Crippen molar-refractivity contribution in [2.45, 2.75) is 253 Å². The van der Waals surface area contributed by atoms with Crippen LogP contribution in [0.15, 0.2) is 11.6 Å². The van der Waals surface area contributed by atoms with Gasteiger partial charge in [-0.1, -0.05) is 46.3 Å². The molecule has 4 aliphatic carbocycles. The number of aliphatic hydroxyl groups excluding tert-OH is 16. The zero-order valence-corrected chi connectivity index (χ0v) is 46.1. The van der Waals surface area contributed by atoms with Gasteiger partial charge in [0.15, 0.2) is 25.2 Å². The third kappa shape index (κ3) is 10.7. The van der Waals surface area contributed by atoms with Crippen LogP contribution in [-0.2, 0) is 37.9 Å². The van der Waals surface area contributed by atoms with E-state index >= 15 is 0 Å². The van der Waals surface area contributed by atoms with Crippen LogP contribution in [0, 0.1) is 45.3 Å². The van der Waals surface area contributed by atoms with Gasteiger partial charge in [-0.25, -0.2) is 0 Å². The first kappa shape index (κ1) is 62.8. The predicted octanol–water partition coefficient (Wildman–Crippen LogP) is -3.23. The molecule has 0 aromatic heterocycles. The molecule has 78 heavy (non-hydrogen) atoms. The molecule has 0 amide bonds. The number of hydrogen-bond acceptors (Lipinski definition) is 24. The molecule has 0 bridgehead atoms. The Morgan fingerprint density at radius 1 is 0.551 bits per heavy atom. The number of ether oxygens (including phenoxy) is 8. The molecule has 8 rings (SSSR count). The molecule has 4 aliphatic heterocycles. The van der Waals surface area contributed by atoms with Crippen LogP contribution in [0.25, 0.3) is 0 Å². The Morgan fingerprint density at radius 3 is 1.51 bits per heavy atom. The summed E-state index contributed by atoms with van der Waals surface area (Å²) in [6, 6.07) is 0. The van der Waals surface area contributed by atoms with E-state index in [9.17, 15) is 81.7 Å². The molecule has 0 spiro atoms. The van der Waals surface area contributed by atoms with E-state index in [1.165, 1.54) is 0 Å². The predicted molar refractivity (Wildman–Crippen MR) is 268 cm³/mol. The third-order valence-electron chi connectivity index (χ3n) is 20.8. The molecule has 4 heterocycles. The van der Waals surface area contributed by atoms with E-state index < -0.39 is 213 Å². The minimum absolute atomic E-state index is 0.150. The van der Waals surface area contributed by atoms with E-state index in [0.717, 1.165) is 5.57 Å². The van der Waals surface area contributed by atoms with Crippen molar-refractivity contribution in [2.75, 3.05) is 26.4 Å². The SMILES string of the molecule is CC(C)=CCC[C@](C)(O[C@@H]1O[C@H](CO)[C@@H](O[C@@H]2O[C@H](CO)[C@H](O)[C@H](O)[C@H]2O)[C@H](O)[C@H]1O)[C@H]1CC[C@]2(C)[C@@H]1[C@H](O)C[C@@H]1[C@@]3(C)CC[C@H](O)C(C)(C)C3[C@@H](O[C@@H]3O[C@H](CO)[C@@H](O[C@@H]4O[C@H](CO)[C@H](O)[C@H](O)[C@H]4O)[C@H](O)[C@H]3O)C[C@]12C. The smallest absolute Gasteiger partial charge is 0.187 e. The van der Waals surface area contributed by atoms with Crippen LogP contribution in [0.2, 0.25) is 0 Å². The lowest BCUT2D eigenvalue weighted by atomic mass is 9.34. The molecule has 0 aromatic carbocycles. The van der Waals surface area contributed by atoms with Crippen LogP contribution in [0.1, 0.15) is 107 Å². The fourth-order valence-corrected chi connectivity index (χ4v) is 16.4. The van der Waals surface area contributed by atoms with Gasteiger partial charge in [-0.15, -0.1) is 0 Å². The first-order chi connectivity index (χ1) is 36.5. The highest BCUT2D eigenvalue weighted by Gasteiger charge is 2.74. The Kier molecular flexibility index (Phi) is 19.1. The number of hydrogen-bond donors (Lipinski definition) is 16. The van der Waals surface area contributed by atoms with Gasteiger partial charge in [0.2, 0.25) is 0 Å². The summed E-state index contributed by atoms with van der Waals surface area (Å²) in [5.74, 6) is -1.44. The fraction of sp³-hybridized carbons (Fsp3) is 0.963. The van der Waals surface area contributed by atoms with Crippen LogP contribution >= 0.6 is 0 Å². The van der Waals surface area contributed by atoms with Crippen molar-refractivity contribution < 1.29 is 120 Å². The van der Waals surface area contributed by atoms with Crippen molar-refractivity contribution in [1.29, 1.82) is 0 Å². The van der Waals surface area contributed by atoms with E-state index in [2.05, 4.69) is 20.8 Å². The van der Waals surface area contributed by atoms with E-state index in [4.69, 9.17) is 37.9 Å². The average molecular weight is 1130 g/mol. The maximum atomic E-state index is 12.9. The summed E-state index contributed by atoms with van der Waals surface area (Å²) in [4.78, 5) is 0. The zero-order valence-electron chi connectivity index (χ0n) is 46.1. The van der Waals surface area contributed by atoms with Gasteiger partial charge >= 0.3 is 0 Å². The summed E-state index contributed by atoms with van der Waals surface area (Å²) in [5, 5.41) is 176. The first-order valence-corrected chi connectivity index (χ1v) is 28.0. The maximum absolute atomic E-state index is 12.9. The Hall–Kier alpha value is -1.22. The van der Waals surface area contributed by atoms with Crippen LogP contribution in [0.4, 0.5) is 0 Å². The maximum Gasteiger partial charge on any atom is 0.187 e. The lowest BCUT2D eigenvalue weighted by Crippen LogP contribution is -2.71. The van der Waals surface area contributed by atoms with Gasteiger partial charge in [0.1, 0.15) is 97.7 Å². The minimum atomic E-state index is -1.85. The molecule has 4 saturated carbocycles. The van der Waals surface area contributed by atoms with Crippen molar-refractivity contribution in [1.82, 2.24) is 0 Å². The van der Waals surface area contributed by atoms with E-state index in [-0.39, 0.29) is 5.92 Å². The molecular weight excluding hydrogens is 1030 g/mol. The van der Waals surface area contributed by atoms with Crippen molar-refractivity contribution >= 4 is 0 Å². The normalized spacial score (nSPS) is 53.1. The molecule has 8 fully saturated rings. The second-order valence-corrected chi connectivity index (χ2v) is 25.9. The van der Waals surface area contributed by atoms with Crippen molar-refractivity contribution in [2.24, 2.45) is 45.3 Å². The molecule has 24 nitrogen and oxygen atoms in total. The third-order valence-corrected chi connectivity index (χ3v) is 20.8. The Labute approximate surface area is 455 Å². The Bertz CT molecular complexity index is 2030. The number of fused-ring (bicyclic) bond motifs is 5. The summed E-state index contributed by atoms with van der Waals surface area (Å²) in [7, 11) is 0. The molecule has 31 atom stereocenters. The van der Waals surface area contributed by atoms with Gasteiger partial charge in [-0.2, -0.15) is 0 Å². The summed E-state index contributed by atoms with van der Waals surface area (Å²) >= 11 is 0. The highest BCUT2D eigenvalue weighted by Crippen LogP contribution is 2.76. The Balaban J connectivity index is 1.08. The highest BCUT2D eigenvalue weighted by molar-refractivity contribution is 5.22. The van der Waals surface area contributed by atoms with E-state index in [1.54, 1.807) is 0 Å². The van der Waals surface area contributed by atoms with Crippen LogP contribution in [0.5, 0.6) is 0 Å². The summed E-state index contributed by atoms with van der Waals surface area (Å²) < 4.78 is 49.1. The largest absolute Gasteiger partial charge is 0.394 e. The number of rotatable bonds is 16. The quantitative estimate of drug-likeness (QED) is 0.0534. The van der Waals surface area contributed by atoms with Gasteiger partial charge in [0.05, 0.1) is 50.3 Å².